The summed E-state index contributed by atoms with van der Waals surface area (Å²) in [4.78, 5) is 24.8. The highest BCUT2D eigenvalue weighted by Crippen LogP contribution is 2.28. The Bertz CT molecular complexity index is 1390. The molecular formula is C26H22FN3O5. The second-order valence-electron chi connectivity index (χ2n) is 7.57. The van der Waals surface area contributed by atoms with Crippen molar-refractivity contribution in [2.45, 2.75) is 13.8 Å². The third kappa shape index (κ3) is 5.14. The Kier molecular flexibility index (Phi) is 6.77. The minimum atomic E-state index is -0.653. The fourth-order valence-corrected chi connectivity index (χ4v) is 3.60. The monoisotopic (exact) mass is 475 g/mol. The molecule has 2 aromatic heterocycles. The van der Waals surface area contributed by atoms with Crippen LogP contribution in [0.3, 0.4) is 0 Å². The van der Waals surface area contributed by atoms with E-state index in [1.54, 1.807) is 42.5 Å². The largest absolute Gasteiger partial charge is 0.493 e. The van der Waals surface area contributed by atoms with Crippen molar-refractivity contribution in [3.63, 3.8) is 0 Å². The number of hydrazone groups is 1. The molecule has 0 spiro atoms. The van der Waals surface area contributed by atoms with Crippen molar-refractivity contribution in [3.8, 4) is 17.2 Å². The lowest BCUT2D eigenvalue weighted by Crippen LogP contribution is -2.18. The van der Waals surface area contributed by atoms with E-state index in [9.17, 15) is 14.0 Å². The van der Waals surface area contributed by atoms with Gasteiger partial charge in [0.05, 0.1) is 25.2 Å². The fourth-order valence-electron chi connectivity index (χ4n) is 3.60. The number of nitrogens with one attached hydrogen (secondary N) is 1. The summed E-state index contributed by atoms with van der Waals surface area (Å²) in [6.07, 6.45) is 2.82. The molecule has 0 saturated heterocycles. The van der Waals surface area contributed by atoms with Gasteiger partial charge >= 0.3 is 5.97 Å². The first kappa shape index (κ1) is 23.5. The van der Waals surface area contributed by atoms with Crippen molar-refractivity contribution in [2.24, 2.45) is 5.10 Å². The molecule has 35 heavy (non-hydrogen) atoms. The van der Waals surface area contributed by atoms with Crippen LogP contribution in [0.1, 0.15) is 37.9 Å². The second kappa shape index (κ2) is 10.1. The van der Waals surface area contributed by atoms with Crippen molar-refractivity contribution < 1.29 is 27.9 Å². The van der Waals surface area contributed by atoms with Gasteiger partial charge in [-0.2, -0.15) is 5.10 Å². The number of nitrogens with zero attached hydrogens (tertiary/aromatic N) is 2. The van der Waals surface area contributed by atoms with E-state index in [1.807, 2.05) is 18.4 Å². The standard InChI is InChI=1S/C26H22FN3O5/c1-16-13-21(17(2)30(16)20-9-7-19(27)8-10-20)25(31)29-28-15-18-6-11-22(24(14-18)33-3)35-26(32)23-5-4-12-34-23/h4-15H,1-3H3,(H,29,31)/b28-15-. The van der Waals surface area contributed by atoms with E-state index in [-0.39, 0.29) is 17.3 Å². The van der Waals surface area contributed by atoms with Gasteiger partial charge in [-0.25, -0.2) is 14.6 Å². The number of amides is 1. The Balaban J connectivity index is 1.45. The molecule has 4 rings (SSSR count). The van der Waals surface area contributed by atoms with E-state index < -0.39 is 11.9 Å². The number of furan rings is 1. The van der Waals surface area contributed by atoms with E-state index in [1.165, 1.54) is 37.8 Å². The van der Waals surface area contributed by atoms with Gasteiger partial charge in [-0.15, -0.1) is 0 Å². The van der Waals surface area contributed by atoms with Crippen LogP contribution in [0.4, 0.5) is 4.39 Å². The number of rotatable bonds is 7. The highest BCUT2D eigenvalue weighted by Gasteiger charge is 2.17. The van der Waals surface area contributed by atoms with Crippen LogP contribution in [0.15, 0.2) is 76.4 Å². The summed E-state index contributed by atoms with van der Waals surface area (Å²) in [7, 11) is 1.44. The summed E-state index contributed by atoms with van der Waals surface area (Å²) >= 11 is 0. The number of carbonyl (C=O) groups is 2. The number of hydrogen-bond acceptors (Lipinski definition) is 6. The number of hydrogen-bond donors (Lipinski definition) is 1. The number of carbonyl (C=O) groups excluding carboxylic acids is 2. The zero-order valence-electron chi connectivity index (χ0n) is 19.2. The summed E-state index contributed by atoms with van der Waals surface area (Å²) in [5, 5.41) is 4.03. The summed E-state index contributed by atoms with van der Waals surface area (Å²) in [5.74, 6) is -0.784. The summed E-state index contributed by atoms with van der Waals surface area (Å²) < 4.78 is 30.8. The first-order chi connectivity index (χ1) is 16.9. The number of aryl methyl sites for hydroxylation is 1. The maximum Gasteiger partial charge on any atom is 0.379 e. The van der Waals surface area contributed by atoms with Gasteiger partial charge in [0.2, 0.25) is 5.76 Å². The number of halogens is 1. The molecule has 0 unspecified atom stereocenters. The van der Waals surface area contributed by atoms with Crippen LogP contribution < -0.4 is 14.9 Å². The lowest BCUT2D eigenvalue weighted by atomic mass is 10.2. The fraction of sp³-hybridized carbons (Fsp3) is 0.115. The Morgan fingerprint density at radius 3 is 2.51 bits per heavy atom. The van der Waals surface area contributed by atoms with Crippen LogP contribution in [-0.4, -0.2) is 29.8 Å². The lowest BCUT2D eigenvalue weighted by molar-refractivity contribution is 0.0696. The maximum atomic E-state index is 13.3. The number of methoxy groups -OCH3 is 1. The van der Waals surface area contributed by atoms with Gasteiger partial charge in [0.25, 0.3) is 5.91 Å². The number of esters is 1. The molecule has 2 heterocycles. The molecular weight excluding hydrogens is 453 g/mol. The highest BCUT2D eigenvalue weighted by molar-refractivity contribution is 5.96. The van der Waals surface area contributed by atoms with Gasteiger partial charge in [-0.1, -0.05) is 0 Å². The van der Waals surface area contributed by atoms with Crippen LogP contribution in [0.25, 0.3) is 5.69 Å². The van der Waals surface area contributed by atoms with E-state index in [0.29, 0.717) is 22.6 Å². The van der Waals surface area contributed by atoms with Gasteiger partial charge in [-0.05, 0) is 80.1 Å². The molecule has 178 valence electrons. The molecule has 1 amide bonds. The highest BCUT2D eigenvalue weighted by atomic mass is 19.1. The third-order valence-corrected chi connectivity index (χ3v) is 5.25. The molecule has 0 saturated carbocycles. The Hall–Kier alpha value is -4.66. The number of aromatic nitrogens is 1. The van der Waals surface area contributed by atoms with E-state index in [2.05, 4.69) is 10.5 Å². The predicted octanol–water partition coefficient (Wildman–Crippen LogP) is 4.82. The molecule has 0 bridgehead atoms. The molecule has 0 atom stereocenters. The molecule has 0 aliphatic carbocycles. The van der Waals surface area contributed by atoms with Crippen molar-refractivity contribution in [3.05, 3.63) is 101 Å². The minimum Gasteiger partial charge on any atom is -0.493 e. The summed E-state index contributed by atoms with van der Waals surface area (Å²) in [6, 6.07) is 15.7. The first-order valence-electron chi connectivity index (χ1n) is 10.6. The summed E-state index contributed by atoms with van der Waals surface area (Å²) in [5.41, 5.74) is 5.85. The molecule has 0 radical (unpaired) electrons. The zero-order valence-corrected chi connectivity index (χ0v) is 19.2. The van der Waals surface area contributed by atoms with Gasteiger partial charge in [0.1, 0.15) is 5.82 Å². The molecule has 0 aliphatic rings. The molecule has 9 heteroatoms. The quantitative estimate of drug-likeness (QED) is 0.179. The minimum absolute atomic E-state index is 0.0687. The van der Waals surface area contributed by atoms with Crippen LogP contribution in [0, 0.1) is 19.7 Å². The molecule has 4 aromatic rings. The summed E-state index contributed by atoms with van der Waals surface area (Å²) in [6.45, 7) is 3.67. The topological polar surface area (TPSA) is 95.1 Å². The Labute approximate surface area is 200 Å². The normalized spacial score (nSPS) is 11.0. The molecule has 0 aliphatic heterocycles. The molecule has 0 fully saturated rings. The molecule has 1 N–H and O–H groups in total. The van der Waals surface area contributed by atoms with Gasteiger partial charge in [0, 0.05) is 17.1 Å². The van der Waals surface area contributed by atoms with Crippen LogP contribution in [0.2, 0.25) is 0 Å². The average molecular weight is 475 g/mol. The maximum absolute atomic E-state index is 13.3. The number of ether oxygens (including phenoxy) is 2. The van der Waals surface area contributed by atoms with Gasteiger partial charge in [-0.3, -0.25) is 4.79 Å². The third-order valence-electron chi connectivity index (χ3n) is 5.25. The molecule has 8 nitrogen and oxygen atoms in total. The van der Waals surface area contributed by atoms with Gasteiger partial charge in [0.15, 0.2) is 11.5 Å². The van der Waals surface area contributed by atoms with Crippen LogP contribution in [-0.2, 0) is 0 Å². The average Bonchev–Trinajstić information content (AvgIpc) is 3.49. The smallest absolute Gasteiger partial charge is 0.379 e. The number of benzene rings is 2. The van der Waals surface area contributed by atoms with E-state index in [0.717, 1.165) is 11.4 Å². The van der Waals surface area contributed by atoms with Crippen molar-refractivity contribution >= 4 is 18.1 Å². The molecule has 2 aromatic carbocycles. The van der Waals surface area contributed by atoms with Gasteiger partial charge < -0.3 is 18.5 Å². The first-order valence-corrected chi connectivity index (χ1v) is 10.6. The Morgan fingerprint density at radius 2 is 1.83 bits per heavy atom. The van der Waals surface area contributed by atoms with E-state index >= 15 is 0 Å². The second-order valence-corrected chi connectivity index (χ2v) is 7.57. The zero-order chi connectivity index (χ0) is 24.9. The van der Waals surface area contributed by atoms with Crippen LogP contribution in [0.5, 0.6) is 11.5 Å². The predicted molar refractivity (Wildman–Crippen MR) is 127 cm³/mol. The van der Waals surface area contributed by atoms with E-state index in [4.69, 9.17) is 13.9 Å². The SMILES string of the molecule is COc1cc(/C=N\NC(=O)c2cc(C)n(-c3ccc(F)cc3)c2C)ccc1OC(=O)c1ccco1. The van der Waals surface area contributed by atoms with Crippen molar-refractivity contribution in [1.82, 2.24) is 9.99 Å². The van der Waals surface area contributed by atoms with Crippen molar-refractivity contribution in [1.29, 1.82) is 0 Å². The van der Waals surface area contributed by atoms with Crippen LogP contribution >= 0.6 is 0 Å². The van der Waals surface area contributed by atoms with Crippen molar-refractivity contribution in [2.75, 3.05) is 7.11 Å². The lowest BCUT2D eigenvalue weighted by Gasteiger charge is -2.10. The Morgan fingerprint density at radius 1 is 1.06 bits per heavy atom.